The van der Waals surface area contributed by atoms with Crippen LogP contribution in [0.1, 0.15) is 39.5 Å². The smallest absolute Gasteiger partial charge is 0.319 e. The Morgan fingerprint density at radius 2 is 1.91 bits per heavy atom. The van der Waals surface area contributed by atoms with Crippen LogP contribution in [0.2, 0.25) is 0 Å². The number of carbonyl (C=O) groups excluding carboxylic acids is 2. The minimum absolute atomic E-state index is 0.123. The summed E-state index contributed by atoms with van der Waals surface area (Å²) in [7, 11) is 0. The van der Waals surface area contributed by atoms with Crippen molar-refractivity contribution in [2.45, 2.75) is 51.6 Å². The summed E-state index contributed by atoms with van der Waals surface area (Å²) in [5, 5.41) is 8.41. The molecular formula is C17H25N3O2. The molecule has 1 aromatic carbocycles. The number of urea groups is 1. The summed E-state index contributed by atoms with van der Waals surface area (Å²) in [5.74, 6) is 0.533. The summed E-state index contributed by atoms with van der Waals surface area (Å²) in [6.45, 7) is 3.92. The number of nitrogens with one attached hydrogen (secondary N) is 3. The summed E-state index contributed by atoms with van der Waals surface area (Å²) in [6.07, 6.45) is 4.44. The van der Waals surface area contributed by atoms with Crippen LogP contribution in [0.3, 0.4) is 0 Å². The molecule has 0 saturated heterocycles. The monoisotopic (exact) mass is 303 g/mol. The van der Waals surface area contributed by atoms with Gasteiger partial charge in [-0.15, -0.1) is 0 Å². The van der Waals surface area contributed by atoms with E-state index in [4.69, 9.17) is 0 Å². The fourth-order valence-corrected chi connectivity index (χ4v) is 2.84. The van der Waals surface area contributed by atoms with E-state index in [2.05, 4.69) is 22.9 Å². The maximum Gasteiger partial charge on any atom is 0.319 e. The van der Waals surface area contributed by atoms with Gasteiger partial charge in [0, 0.05) is 11.7 Å². The molecule has 1 saturated carbocycles. The SMILES string of the molecule is CC1CCCC(NC(=O)C(C)NC(=O)Nc2ccccc2)C1. The van der Waals surface area contributed by atoms with Crippen molar-refractivity contribution in [1.82, 2.24) is 10.6 Å². The summed E-state index contributed by atoms with van der Waals surface area (Å²) < 4.78 is 0. The largest absolute Gasteiger partial charge is 0.352 e. The fourth-order valence-electron chi connectivity index (χ4n) is 2.84. The van der Waals surface area contributed by atoms with E-state index in [1.807, 2.05) is 18.2 Å². The number of rotatable bonds is 4. The highest BCUT2D eigenvalue weighted by atomic mass is 16.2. The highest BCUT2D eigenvalue weighted by molar-refractivity contribution is 5.93. The molecule has 0 radical (unpaired) electrons. The van der Waals surface area contributed by atoms with Gasteiger partial charge >= 0.3 is 6.03 Å². The van der Waals surface area contributed by atoms with Crippen LogP contribution in [0.5, 0.6) is 0 Å². The topological polar surface area (TPSA) is 70.2 Å². The zero-order valence-corrected chi connectivity index (χ0v) is 13.3. The summed E-state index contributed by atoms with van der Waals surface area (Å²) in [6, 6.07) is 8.47. The molecule has 3 unspecified atom stereocenters. The van der Waals surface area contributed by atoms with Crippen molar-refractivity contribution in [1.29, 1.82) is 0 Å². The molecule has 0 aliphatic heterocycles. The van der Waals surface area contributed by atoms with Gasteiger partial charge in [-0.1, -0.05) is 38.0 Å². The Bertz CT molecular complexity index is 504. The second kappa shape index (κ2) is 7.82. The molecule has 2 rings (SSSR count). The Hall–Kier alpha value is -2.04. The van der Waals surface area contributed by atoms with Gasteiger partial charge in [0.25, 0.3) is 0 Å². The third-order valence-corrected chi connectivity index (χ3v) is 4.06. The van der Waals surface area contributed by atoms with Crippen molar-refractivity contribution >= 4 is 17.6 Å². The molecule has 0 spiro atoms. The maximum atomic E-state index is 12.2. The second-order valence-electron chi connectivity index (χ2n) is 6.16. The summed E-state index contributed by atoms with van der Waals surface area (Å²) >= 11 is 0. The van der Waals surface area contributed by atoms with Gasteiger partial charge in [-0.05, 0) is 37.8 Å². The van der Waals surface area contributed by atoms with E-state index in [-0.39, 0.29) is 18.0 Å². The van der Waals surface area contributed by atoms with Crippen LogP contribution in [-0.2, 0) is 4.79 Å². The molecule has 3 atom stereocenters. The molecule has 5 nitrogen and oxygen atoms in total. The summed E-state index contributed by atoms with van der Waals surface area (Å²) in [4.78, 5) is 24.0. The van der Waals surface area contributed by atoms with Gasteiger partial charge in [0.2, 0.25) is 5.91 Å². The van der Waals surface area contributed by atoms with Gasteiger partial charge in [-0.3, -0.25) is 4.79 Å². The van der Waals surface area contributed by atoms with E-state index >= 15 is 0 Å². The number of hydrogen-bond acceptors (Lipinski definition) is 2. The highest BCUT2D eigenvalue weighted by Crippen LogP contribution is 2.23. The van der Waals surface area contributed by atoms with Gasteiger partial charge < -0.3 is 16.0 Å². The van der Waals surface area contributed by atoms with Gasteiger partial charge in [0.05, 0.1) is 0 Å². The third-order valence-electron chi connectivity index (χ3n) is 4.06. The Kier molecular flexibility index (Phi) is 5.81. The lowest BCUT2D eigenvalue weighted by Gasteiger charge is -2.28. The first-order valence-corrected chi connectivity index (χ1v) is 7.97. The molecule has 0 heterocycles. The first-order valence-electron chi connectivity index (χ1n) is 7.97. The van der Waals surface area contributed by atoms with Crippen LogP contribution in [0, 0.1) is 5.92 Å². The van der Waals surface area contributed by atoms with Crippen LogP contribution in [0.25, 0.3) is 0 Å². The van der Waals surface area contributed by atoms with Gasteiger partial charge in [0.1, 0.15) is 6.04 Å². The second-order valence-corrected chi connectivity index (χ2v) is 6.16. The molecular weight excluding hydrogens is 278 g/mol. The molecule has 0 aromatic heterocycles. The lowest BCUT2D eigenvalue weighted by molar-refractivity contribution is -0.123. The molecule has 1 aromatic rings. The number of amides is 3. The average molecular weight is 303 g/mol. The van der Waals surface area contributed by atoms with E-state index in [0.717, 1.165) is 19.3 Å². The van der Waals surface area contributed by atoms with E-state index in [1.54, 1.807) is 19.1 Å². The molecule has 3 amide bonds. The van der Waals surface area contributed by atoms with Gasteiger partial charge in [0.15, 0.2) is 0 Å². The van der Waals surface area contributed by atoms with E-state index in [0.29, 0.717) is 11.6 Å². The number of carbonyl (C=O) groups is 2. The van der Waals surface area contributed by atoms with Crippen molar-refractivity contribution in [3.63, 3.8) is 0 Å². The number of hydrogen-bond donors (Lipinski definition) is 3. The van der Waals surface area contributed by atoms with Crippen molar-refractivity contribution in [3.05, 3.63) is 30.3 Å². The molecule has 5 heteroatoms. The van der Waals surface area contributed by atoms with E-state index in [9.17, 15) is 9.59 Å². The Morgan fingerprint density at radius 3 is 2.59 bits per heavy atom. The van der Waals surface area contributed by atoms with Gasteiger partial charge in [-0.2, -0.15) is 0 Å². The van der Waals surface area contributed by atoms with E-state index in [1.165, 1.54) is 6.42 Å². The molecule has 1 aliphatic rings. The zero-order valence-electron chi connectivity index (χ0n) is 13.3. The quantitative estimate of drug-likeness (QED) is 0.800. The standard InChI is InChI=1S/C17H25N3O2/c1-12-7-6-10-15(11-12)19-16(21)13(2)18-17(22)20-14-8-4-3-5-9-14/h3-5,8-9,12-13,15H,6-7,10-11H2,1-2H3,(H,19,21)(H2,18,20,22). The number of benzene rings is 1. The molecule has 120 valence electrons. The zero-order chi connectivity index (χ0) is 15.9. The molecule has 3 N–H and O–H groups in total. The molecule has 0 bridgehead atoms. The summed E-state index contributed by atoms with van der Waals surface area (Å²) in [5.41, 5.74) is 0.703. The van der Waals surface area contributed by atoms with Gasteiger partial charge in [-0.25, -0.2) is 4.79 Å². The molecule has 22 heavy (non-hydrogen) atoms. The Morgan fingerprint density at radius 1 is 1.18 bits per heavy atom. The van der Waals surface area contributed by atoms with Crippen LogP contribution in [-0.4, -0.2) is 24.0 Å². The van der Waals surface area contributed by atoms with Crippen molar-refractivity contribution in [2.24, 2.45) is 5.92 Å². The third kappa shape index (κ3) is 5.06. The van der Waals surface area contributed by atoms with Crippen LogP contribution >= 0.6 is 0 Å². The van der Waals surface area contributed by atoms with E-state index < -0.39 is 6.04 Å². The minimum atomic E-state index is -0.555. The maximum absolute atomic E-state index is 12.2. The number of para-hydroxylation sites is 1. The number of anilines is 1. The molecule has 1 aliphatic carbocycles. The predicted octanol–water partition coefficient (Wildman–Crippen LogP) is 2.89. The Balaban J connectivity index is 1.77. The van der Waals surface area contributed by atoms with Crippen molar-refractivity contribution < 1.29 is 9.59 Å². The predicted molar refractivity (Wildman–Crippen MR) is 87.6 cm³/mol. The van der Waals surface area contributed by atoms with Crippen LogP contribution in [0.15, 0.2) is 30.3 Å². The first-order chi connectivity index (χ1) is 10.5. The first kappa shape index (κ1) is 16.3. The fraction of sp³-hybridized carbons (Fsp3) is 0.529. The normalized spacial score (nSPS) is 22.5. The average Bonchev–Trinajstić information content (AvgIpc) is 2.48. The van der Waals surface area contributed by atoms with Crippen LogP contribution < -0.4 is 16.0 Å². The van der Waals surface area contributed by atoms with Crippen LogP contribution in [0.4, 0.5) is 10.5 Å². The van der Waals surface area contributed by atoms with Crippen molar-refractivity contribution in [3.8, 4) is 0 Å². The lowest BCUT2D eigenvalue weighted by atomic mass is 9.87. The Labute approximate surface area is 131 Å². The van der Waals surface area contributed by atoms with Crippen molar-refractivity contribution in [2.75, 3.05) is 5.32 Å². The molecule has 1 fully saturated rings. The minimum Gasteiger partial charge on any atom is -0.352 e. The highest BCUT2D eigenvalue weighted by Gasteiger charge is 2.23. The lowest BCUT2D eigenvalue weighted by Crippen LogP contribution is -2.49.